The molecule has 0 saturated carbocycles. The van der Waals surface area contributed by atoms with Crippen LogP contribution in [0.1, 0.15) is 0 Å². The van der Waals surface area contributed by atoms with E-state index in [9.17, 15) is 17.2 Å². The Hall–Kier alpha value is -1.17. The first-order chi connectivity index (χ1) is 7.88. The van der Waals surface area contributed by atoms with Gasteiger partial charge in [-0.15, -0.1) is 0 Å². The van der Waals surface area contributed by atoms with E-state index in [1.807, 2.05) is 0 Å². The fraction of sp³-hybridized carbons (Fsp3) is 0.455. The van der Waals surface area contributed by atoms with Gasteiger partial charge < -0.3 is 4.90 Å². The molecule has 1 aliphatic heterocycles. The third-order valence-electron chi connectivity index (χ3n) is 2.81. The normalized spacial score (nSPS) is 25.2. The zero-order valence-electron chi connectivity index (χ0n) is 9.31. The molecule has 94 valence electrons. The number of anilines is 1. The van der Waals surface area contributed by atoms with Crippen LogP contribution < -0.4 is 4.90 Å². The maximum atomic E-state index is 13.0. The van der Waals surface area contributed by atoms with Gasteiger partial charge in [0.1, 0.15) is 0 Å². The van der Waals surface area contributed by atoms with Gasteiger partial charge in [-0.05, 0) is 24.3 Å². The lowest BCUT2D eigenvalue weighted by molar-refractivity contribution is 0.217. The third kappa shape index (κ3) is 2.57. The number of alkyl halides is 2. The number of rotatable bonds is 2. The summed E-state index contributed by atoms with van der Waals surface area (Å²) in [6, 6.07) is 6.04. The fourth-order valence-electron chi connectivity index (χ4n) is 1.84. The van der Waals surface area contributed by atoms with Crippen LogP contribution in [0.3, 0.4) is 0 Å². The molecular formula is C11H13F2NO2S. The van der Waals surface area contributed by atoms with Gasteiger partial charge in [0.2, 0.25) is 0 Å². The van der Waals surface area contributed by atoms with Crippen molar-refractivity contribution in [2.75, 3.05) is 24.2 Å². The topological polar surface area (TPSA) is 37.4 Å². The van der Waals surface area contributed by atoms with Crippen LogP contribution in [0.4, 0.5) is 14.5 Å². The van der Waals surface area contributed by atoms with E-state index in [1.165, 1.54) is 12.1 Å². The van der Waals surface area contributed by atoms with Gasteiger partial charge in [-0.25, -0.2) is 17.2 Å². The summed E-state index contributed by atoms with van der Waals surface area (Å²) in [5.41, 5.74) is 0.639. The molecule has 0 amide bonds. The number of hydrogen-bond donors (Lipinski definition) is 0. The van der Waals surface area contributed by atoms with Crippen molar-refractivity contribution in [1.82, 2.24) is 0 Å². The van der Waals surface area contributed by atoms with E-state index < -0.39 is 22.2 Å². The van der Waals surface area contributed by atoms with E-state index in [-0.39, 0.29) is 18.0 Å². The molecule has 2 atom stereocenters. The maximum Gasteiger partial charge on any atom is 0.175 e. The molecule has 1 fully saturated rings. The Bertz CT molecular complexity index is 491. The Morgan fingerprint density at radius 1 is 1.12 bits per heavy atom. The summed E-state index contributed by atoms with van der Waals surface area (Å²) < 4.78 is 48.5. The Morgan fingerprint density at radius 2 is 1.59 bits per heavy atom. The van der Waals surface area contributed by atoms with Crippen LogP contribution >= 0.6 is 0 Å². The molecule has 1 saturated heterocycles. The molecule has 17 heavy (non-hydrogen) atoms. The molecular weight excluding hydrogens is 248 g/mol. The standard InChI is InChI=1S/C11H13F2NO2S/c1-17(15,16)9-4-2-8(3-5-9)14-6-10(12)11(13)7-14/h2-5,10-11H,6-7H2,1H3/t10-,11+. The lowest BCUT2D eigenvalue weighted by Crippen LogP contribution is -2.20. The average molecular weight is 261 g/mol. The second kappa shape index (κ2) is 4.25. The van der Waals surface area contributed by atoms with E-state index >= 15 is 0 Å². The Kier molecular flexibility index (Phi) is 3.07. The van der Waals surface area contributed by atoms with Gasteiger partial charge in [-0.2, -0.15) is 0 Å². The lowest BCUT2D eigenvalue weighted by Gasteiger charge is -2.17. The first kappa shape index (κ1) is 12.3. The second-order valence-electron chi connectivity index (χ2n) is 4.20. The minimum atomic E-state index is -3.23. The smallest absolute Gasteiger partial charge is 0.175 e. The highest BCUT2D eigenvalue weighted by Gasteiger charge is 2.32. The summed E-state index contributed by atoms with van der Waals surface area (Å²) in [5, 5.41) is 0. The van der Waals surface area contributed by atoms with Crippen LogP contribution in [0.15, 0.2) is 29.2 Å². The number of hydrogen-bond acceptors (Lipinski definition) is 3. The molecule has 1 aromatic rings. The lowest BCUT2D eigenvalue weighted by atomic mass is 10.3. The van der Waals surface area contributed by atoms with Crippen LogP contribution in [0.5, 0.6) is 0 Å². The van der Waals surface area contributed by atoms with Gasteiger partial charge in [-0.3, -0.25) is 0 Å². The summed E-state index contributed by atoms with van der Waals surface area (Å²) in [5.74, 6) is 0. The van der Waals surface area contributed by atoms with E-state index in [2.05, 4.69) is 0 Å². The quantitative estimate of drug-likeness (QED) is 0.811. The summed E-state index contributed by atoms with van der Waals surface area (Å²) in [4.78, 5) is 1.77. The van der Waals surface area contributed by atoms with Crippen LogP contribution in [0.25, 0.3) is 0 Å². The highest BCUT2D eigenvalue weighted by Crippen LogP contribution is 2.25. The molecule has 3 nitrogen and oxygen atoms in total. The van der Waals surface area contributed by atoms with Crippen molar-refractivity contribution < 1.29 is 17.2 Å². The minimum Gasteiger partial charge on any atom is -0.365 e. The number of halogens is 2. The molecule has 0 bridgehead atoms. The van der Waals surface area contributed by atoms with E-state index in [0.29, 0.717) is 5.69 Å². The summed E-state index contributed by atoms with van der Waals surface area (Å²) in [7, 11) is -3.23. The highest BCUT2D eigenvalue weighted by atomic mass is 32.2. The number of nitrogens with zero attached hydrogens (tertiary/aromatic N) is 1. The van der Waals surface area contributed by atoms with Gasteiger partial charge in [-0.1, -0.05) is 0 Å². The molecule has 0 unspecified atom stereocenters. The fourth-order valence-corrected chi connectivity index (χ4v) is 2.47. The van der Waals surface area contributed by atoms with Crippen molar-refractivity contribution in [3.63, 3.8) is 0 Å². The van der Waals surface area contributed by atoms with Crippen molar-refractivity contribution >= 4 is 15.5 Å². The van der Waals surface area contributed by atoms with Gasteiger partial charge in [0.15, 0.2) is 22.2 Å². The Balaban J connectivity index is 2.20. The number of sulfone groups is 1. The predicted octanol–water partition coefficient (Wildman–Crippen LogP) is 1.59. The molecule has 1 aliphatic rings. The maximum absolute atomic E-state index is 13.0. The molecule has 0 aliphatic carbocycles. The zero-order chi connectivity index (χ0) is 12.6. The van der Waals surface area contributed by atoms with Crippen molar-refractivity contribution in [3.8, 4) is 0 Å². The molecule has 0 N–H and O–H groups in total. The summed E-state index contributed by atoms with van der Waals surface area (Å²) in [6.45, 7) is 0.0266. The van der Waals surface area contributed by atoms with Crippen LogP contribution in [0.2, 0.25) is 0 Å². The molecule has 0 spiro atoms. The molecule has 1 aromatic carbocycles. The van der Waals surface area contributed by atoms with Crippen LogP contribution in [-0.2, 0) is 9.84 Å². The predicted molar refractivity (Wildman–Crippen MR) is 61.6 cm³/mol. The zero-order valence-corrected chi connectivity index (χ0v) is 10.1. The summed E-state index contributed by atoms with van der Waals surface area (Å²) in [6.07, 6.45) is -1.82. The van der Waals surface area contributed by atoms with Crippen molar-refractivity contribution in [2.45, 2.75) is 17.2 Å². The first-order valence-corrected chi connectivity index (χ1v) is 7.10. The van der Waals surface area contributed by atoms with Crippen molar-refractivity contribution in [2.24, 2.45) is 0 Å². The third-order valence-corrected chi connectivity index (χ3v) is 3.94. The summed E-state index contributed by atoms with van der Waals surface area (Å²) >= 11 is 0. The van der Waals surface area contributed by atoms with E-state index in [1.54, 1.807) is 17.0 Å². The SMILES string of the molecule is CS(=O)(=O)c1ccc(N2C[C@@H](F)[C@@H](F)C2)cc1. The average Bonchev–Trinajstić information content (AvgIpc) is 2.58. The largest absolute Gasteiger partial charge is 0.365 e. The van der Waals surface area contributed by atoms with Crippen LogP contribution in [0, 0.1) is 0 Å². The van der Waals surface area contributed by atoms with Crippen molar-refractivity contribution in [3.05, 3.63) is 24.3 Å². The van der Waals surface area contributed by atoms with Gasteiger partial charge in [0.05, 0.1) is 18.0 Å². The monoisotopic (exact) mass is 261 g/mol. The van der Waals surface area contributed by atoms with Crippen LogP contribution in [-0.4, -0.2) is 40.1 Å². The number of benzene rings is 1. The molecule has 2 rings (SSSR count). The van der Waals surface area contributed by atoms with Gasteiger partial charge in [0.25, 0.3) is 0 Å². The molecule has 1 heterocycles. The first-order valence-electron chi connectivity index (χ1n) is 5.21. The Labute approximate surface area is 99.0 Å². The van der Waals surface area contributed by atoms with Gasteiger partial charge in [0, 0.05) is 11.9 Å². The van der Waals surface area contributed by atoms with Gasteiger partial charge >= 0.3 is 0 Å². The molecule has 6 heteroatoms. The molecule has 0 aromatic heterocycles. The van der Waals surface area contributed by atoms with E-state index in [0.717, 1.165) is 6.26 Å². The van der Waals surface area contributed by atoms with Crippen molar-refractivity contribution in [1.29, 1.82) is 0 Å². The van der Waals surface area contributed by atoms with E-state index in [4.69, 9.17) is 0 Å². The minimum absolute atomic E-state index is 0.0133. The Morgan fingerprint density at radius 3 is 2.00 bits per heavy atom. The second-order valence-corrected chi connectivity index (χ2v) is 6.22. The molecule has 0 radical (unpaired) electrons. The highest BCUT2D eigenvalue weighted by molar-refractivity contribution is 7.90.